The number of nitrogens with one attached hydrogen (secondary N) is 2. The molecule has 2 aliphatic carbocycles. The molecule has 2 saturated carbocycles. The number of carbonyl (C=O) groups excluding carboxylic acids is 1. The molecule has 0 radical (unpaired) electrons. The Labute approximate surface area is 103 Å². The third-order valence-electron chi connectivity index (χ3n) is 4.58. The lowest BCUT2D eigenvalue weighted by Gasteiger charge is -2.11. The number of carbonyl (C=O) groups is 1. The Morgan fingerprint density at radius 1 is 1.44 bits per heavy atom. The summed E-state index contributed by atoms with van der Waals surface area (Å²) in [7, 11) is 0. The molecule has 0 bridgehead atoms. The van der Waals surface area contributed by atoms with E-state index in [0.717, 1.165) is 26.1 Å². The largest absolute Gasteiger partial charge is 0.355 e. The van der Waals surface area contributed by atoms with E-state index in [2.05, 4.69) is 17.6 Å². The molecule has 1 saturated heterocycles. The van der Waals surface area contributed by atoms with Crippen molar-refractivity contribution >= 4 is 18.3 Å². The fourth-order valence-electron chi connectivity index (χ4n) is 2.77. The van der Waals surface area contributed by atoms with Crippen molar-refractivity contribution in [3.05, 3.63) is 0 Å². The lowest BCUT2D eigenvalue weighted by Crippen LogP contribution is -2.32. The molecule has 92 valence electrons. The van der Waals surface area contributed by atoms with E-state index in [9.17, 15) is 4.79 Å². The fraction of sp³-hybridized carbons (Fsp3) is 0.917. The number of hydrogen-bond acceptors (Lipinski definition) is 2. The van der Waals surface area contributed by atoms with E-state index < -0.39 is 0 Å². The van der Waals surface area contributed by atoms with E-state index in [1.165, 1.54) is 19.3 Å². The van der Waals surface area contributed by atoms with Crippen LogP contribution < -0.4 is 10.6 Å². The highest BCUT2D eigenvalue weighted by Gasteiger charge is 2.59. The van der Waals surface area contributed by atoms with Crippen molar-refractivity contribution in [3.63, 3.8) is 0 Å². The van der Waals surface area contributed by atoms with E-state index in [1.54, 1.807) is 0 Å². The predicted molar refractivity (Wildman–Crippen MR) is 65.6 cm³/mol. The van der Waals surface area contributed by atoms with Crippen molar-refractivity contribution in [3.8, 4) is 0 Å². The molecule has 1 heterocycles. The predicted octanol–water partition coefficient (Wildman–Crippen LogP) is 1.32. The number of hydrogen-bond donors (Lipinski definition) is 2. The third-order valence-corrected chi connectivity index (χ3v) is 4.58. The molecule has 0 aromatic rings. The van der Waals surface area contributed by atoms with E-state index >= 15 is 0 Å². The lowest BCUT2D eigenvalue weighted by molar-refractivity contribution is -0.123. The molecule has 1 aliphatic heterocycles. The monoisotopic (exact) mass is 244 g/mol. The van der Waals surface area contributed by atoms with Crippen LogP contribution in [0.25, 0.3) is 0 Å². The van der Waals surface area contributed by atoms with E-state index in [4.69, 9.17) is 0 Å². The molecule has 2 N–H and O–H groups in total. The Morgan fingerprint density at radius 2 is 2.19 bits per heavy atom. The summed E-state index contributed by atoms with van der Waals surface area (Å²) >= 11 is 0. The van der Waals surface area contributed by atoms with Gasteiger partial charge in [0.25, 0.3) is 0 Å². The molecule has 3 fully saturated rings. The highest BCUT2D eigenvalue weighted by Crippen LogP contribution is 2.56. The van der Waals surface area contributed by atoms with Gasteiger partial charge in [0, 0.05) is 19.0 Å². The number of amides is 1. The van der Waals surface area contributed by atoms with Gasteiger partial charge >= 0.3 is 0 Å². The quantitative estimate of drug-likeness (QED) is 0.787. The molecule has 4 heteroatoms. The maximum absolute atomic E-state index is 11.9. The molecular formula is C12H21ClN2O. The minimum absolute atomic E-state index is 0. The molecular weight excluding hydrogens is 224 g/mol. The van der Waals surface area contributed by atoms with Gasteiger partial charge in [-0.3, -0.25) is 4.79 Å². The van der Waals surface area contributed by atoms with Gasteiger partial charge in [0.2, 0.25) is 5.91 Å². The second-order valence-electron chi connectivity index (χ2n) is 6.07. The average Bonchev–Trinajstić information content (AvgIpc) is 3.03. The van der Waals surface area contributed by atoms with E-state index in [1.807, 2.05) is 0 Å². The van der Waals surface area contributed by atoms with E-state index in [-0.39, 0.29) is 12.4 Å². The Morgan fingerprint density at radius 3 is 2.75 bits per heavy atom. The second-order valence-corrected chi connectivity index (χ2v) is 6.07. The standard InChI is InChI=1S/C12H20N2O.ClH/c1-11(2-3-11)7-14-10(15)9-6-12(9)4-5-13-8-12;/h9,13H,2-8H2,1H3,(H,14,15);1H. The molecule has 3 nitrogen and oxygen atoms in total. The van der Waals surface area contributed by atoms with Crippen molar-refractivity contribution in [2.24, 2.45) is 16.7 Å². The summed E-state index contributed by atoms with van der Waals surface area (Å²) in [6.07, 6.45) is 4.88. The van der Waals surface area contributed by atoms with Crippen molar-refractivity contribution in [2.45, 2.75) is 32.6 Å². The smallest absolute Gasteiger partial charge is 0.223 e. The van der Waals surface area contributed by atoms with Crippen molar-refractivity contribution in [2.75, 3.05) is 19.6 Å². The normalized spacial score (nSPS) is 37.9. The number of halogens is 1. The lowest BCUT2D eigenvalue weighted by atomic mass is 10.0. The Hall–Kier alpha value is -0.280. The highest BCUT2D eigenvalue weighted by atomic mass is 35.5. The topological polar surface area (TPSA) is 41.1 Å². The first-order valence-corrected chi connectivity index (χ1v) is 6.12. The maximum atomic E-state index is 11.9. The zero-order valence-electron chi connectivity index (χ0n) is 9.84. The highest BCUT2D eigenvalue weighted by molar-refractivity contribution is 5.85. The third kappa shape index (κ3) is 2.07. The van der Waals surface area contributed by atoms with Gasteiger partial charge in [-0.1, -0.05) is 6.92 Å². The molecule has 0 aromatic carbocycles. The van der Waals surface area contributed by atoms with Gasteiger partial charge in [-0.15, -0.1) is 12.4 Å². The van der Waals surface area contributed by atoms with Crippen LogP contribution in [-0.4, -0.2) is 25.5 Å². The summed E-state index contributed by atoms with van der Waals surface area (Å²) in [6, 6.07) is 0. The SMILES string of the molecule is CC1(CNC(=O)C2CC23CCNC3)CC1.Cl. The van der Waals surface area contributed by atoms with Crippen LogP contribution in [0.2, 0.25) is 0 Å². The van der Waals surface area contributed by atoms with Gasteiger partial charge in [-0.05, 0) is 43.1 Å². The van der Waals surface area contributed by atoms with Crippen LogP contribution in [0.5, 0.6) is 0 Å². The number of rotatable bonds is 3. The van der Waals surface area contributed by atoms with Gasteiger partial charge in [0.05, 0.1) is 0 Å². The van der Waals surface area contributed by atoms with Gasteiger partial charge in [0.1, 0.15) is 0 Å². The van der Waals surface area contributed by atoms with Crippen LogP contribution >= 0.6 is 12.4 Å². The maximum Gasteiger partial charge on any atom is 0.223 e. The molecule has 2 unspecified atom stereocenters. The van der Waals surface area contributed by atoms with Gasteiger partial charge in [-0.25, -0.2) is 0 Å². The molecule has 3 aliphatic rings. The van der Waals surface area contributed by atoms with Crippen molar-refractivity contribution in [1.29, 1.82) is 0 Å². The first kappa shape index (κ1) is 12.2. The van der Waals surface area contributed by atoms with Gasteiger partial charge in [0.15, 0.2) is 0 Å². The summed E-state index contributed by atoms with van der Waals surface area (Å²) in [5.74, 6) is 0.627. The van der Waals surface area contributed by atoms with Gasteiger partial charge < -0.3 is 10.6 Å². The minimum atomic E-state index is 0. The molecule has 16 heavy (non-hydrogen) atoms. The van der Waals surface area contributed by atoms with Crippen LogP contribution in [0.15, 0.2) is 0 Å². The second kappa shape index (κ2) is 3.88. The zero-order chi connectivity index (χ0) is 10.5. The van der Waals surface area contributed by atoms with Gasteiger partial charge in [-0.2, -0.15) is 0 Å². The van der Waals surface area contributed by atoms with Crippen molar-refractivity contribution < 1.29 is 4.79 Å². The molecule has 1 amide bonds. The minimum Gasteiger partial charge on any atom is -0.355 e. The first-order valence-electron chi connectivity index (χ1n) is 6.12. The molecule has 2 atom stereocenters. The Bertz CT molecular complexity index is 295. The Balaban J connectivity index is 0.000000963. The van der Waals surface area contributed by atoms with Crippen LogP contribution in [0.3, 0.4) is 0 Å². The summed E-state index contributed by atoms with van der Waals surface area (Å²) in [5.41, 5.74) is 0.792. The first-order chi connectivity index (χ1) is 7.14. The summed E-state index contributed by atoms with van der Waals surface area (Å²) in [4.78, 5) is 11.9. The Kier molecular flexibility index (Phi) is 2.96. The zero-order valence-corrected chi connectivity index (χ0v) is 10.7. The van der Waals surface area contributed by atoms with Crippen LogP contribution in [0.4, 0.5) is 0 Å². The fourth-order valence-corrected chi connectivity index (χ4v) is 2.77. The summed E-state index contributed by atoms with van der Waals surface area (Å²) in [5, 5.41) is 6.50. The van der Waals surface area contributed by atoms with E-state index in [0.29, 0.717) is 22.7 Å². The summed E-state index contributed by atoms with van der Waals surface area (Å²) < 4.78 is 0. The summed E-state index contributed by atoms with van der Waals surface area (Å²) in [6.45, 7) is 5.31. The molecule has 1 spiro atoms. The van der Waals surface area contributed by atoms with Crippen LogP contribution in [0, 0.1) is 16.7 Å². The van der Waals surface area contributed by atoms with Crippen LogP contribution in [0.1, 0.15) is 32.6 Å². The molecule has 3 rings (SSSR count). The molecule has 0 aromatic heterocycles. The average molecular weight is 245 g/mol. The van der Waals surface area contributed by atoms with Crippen molar-refractivity contribution in [1.82, 2.24) is 10.6 Å². The van der Waals surface area contributed by atoms with Crippen LogP contribution in [-0.2, 0) is 4.79 Å².